The van der Waals surface area contributed by atoms with E-state index in [-0.39, 0.29) is 18.0 Å². The van der Waals surface area contributed by atoms with E-state index in [0.717, 1.165) is 16.7 Å². The number of benzene rings is 3. The highest BCUT2D eigenvalue weighted by atomic mass is 35.5. The first-order valence-corrected chi connectivity index (χ1v) is 11.2. The van der Waals surface area contributed by atoms with E-state index in [1.54, 1.807) is 12.1 Å². The van der Waals surface area contributed by atoms with E-state index >= 15 is 0 Å². The Labute approximate surface area is 197 Å². The van der Waals surface area contributed by atoms with Crippen molar-refractivity contribution in [2.75, 3.05) is 13.6 Å². The van der Waals surface area contributed by atoms with Gasteiger partial charge in [0.1, 0.15) is 0 Å². The first kappa shape index (κ1) is 21.4. The van der Waals surface area contributed by atoms with Gasteiger partial charge in [0.25, 0.3) is 5.91 Å². The summed E-state index contributed by atoms with van der Waals surface area (Å²) in [5, 5.41) is 7.92. The molecule has 3 aromatic carbocycles. The summed E-state index contributed by atoms with van der Waals surface area (Å²) in [7, 11) is 2.00. The maximum Gasteiger partial charge on any atom is 0.251 e. The SMILES string of the molecule is CN1CC(NC(=O)c2ccc(-c3ccccc3)cc2)CC1c1nc(-c2ccc(Cl)cc2)no1. The predicted octanol–water partition coefficient (Wildman–Crippen LogP) is 5.23. The lowest BCUT2D eigenvalue weighted by Gasteiger charge is -2.14. The van der Waals surface area contributed by atoms with Crippen molar-refractivity contribution in [2.45, 2.75) is 18.5 Å². The van der Waals surface area contributed by atoms with E-state index in [9.17, 15) is 4.79 Å². The number of rotatable bonds is 5. The smallest absolute Gasteiger partial charge is 0.251 e. The minimum atomic E-state index is -0.0824. The number of hydrogen-bond acceptors (Lipinski definition) is 5. The van der Waals surface area contributed by atoms with Crippen LogP contribution >= 0.6 is 11.6 Å². The summed E-state index contributed by atoms with van der Waals surface area (Å²) in [6.07, 6.45) is 0.701. The van der Waals surface area contributed by atoms with Gasteiger partial charge in [-0.05, 0) is 61.0 Å². The molecule has 5 rings (SSSR count). The van der Waals surface area contributed by atoms with E-state index in [1.165, 1.54) is 0 Å². The molecule has 1 aromatic heterocycles. The Kier molecular flexibility index (Phi) is 5.94. The molecule has 166 valence electrons. The predicted molar refractivity (Wildman–Crippen MR) is 128 cm³/mol. The number of nitrogens with one attached hydrogen (secondary N) is 1. The first-order chi connectivity index (χ1) is 16.1. The second kappa shape index (κ2) is 9.17. The Hall–Kier alpha value is -3.48. The third-order valence-corrected chi connectivity index (χ3v) is 6.22. The van der Waals surface area contributed by atoms with Crippen LogP contribution in [0.5, 0.6) is 0 Å². The molecule has 1 aliphatic rings. The van der Waals surface area contributed by atoms with E-state index < -0.39 is 0 Å². The zero-order valence-corrected chi connectivity index (χ0v) is 18.9. The maximum atomic E-state index is 12.8. The van der Waals surface area contributed by atoms with Crippen molar-refractivity contribution in [2.24, 2.45) is 0 Å². The summed E-state index contributed by atoms with van der Waals surface area (Å²) in [6.45, 7) is 0.706. The highest BCUT2D eigenvalue weighted by Crippen LogP contribution is 2.31. The standard InChI is InChI=1S/C26H23ClN4O2/c1-31-16-22(15-23(31)26-29-24(30-33-26)19-11-13-21(27)14-12-19)28-25(32)20-9-7-18(8-10-20)17-5-3-2-4-6-17/h2-14,22-23H,15-16H2,1H3,(H,28,32). The van der Waals surface area contributed by atoms with Crippen LogP contribution in [0, 0.1) is 0 Å². The summed E-state index contributed by atoms with van der Waals surface area (Å²) >= 11 is 5.96. The lowest BCUT2D eigenvalue weighted by molar-refractivity contribution is 0.0938. The van der Waals surface area contributed by atoms with Gasteiger partial charge in [0.05, 0.1) is 6.04 Å². The summed E-state index contributed by atoms with van der Waals surface area (Å²) in [6, 6.07) is 25.1. The highest BCUT2D eigenvalue weighted by molar-refractivity contribution is 6.30. The fourth-order valence-corrected chi connectivity index (χ4v) is 4.32. The van der Waals surface area contributed by atoms with E-state index in [1.807, 2.05) is 61.6 Å². The molecule has 1 aliphatic heterocycles. The largest absolute Gasteiger partial charge is 0.348 e. The number of halogens is 1. The zero-order chi connectivity index (χ0) is 22.8. The van der Waals surface area contributed by atoms with Crippen molar-refractivity contribution in [3.05, 3.63) is 95.3 Å². The van der Waals surface area contributed by atoms with Crippen LogP contribution in [0.25, 0.3) is 22.5 Å². The molecule has 4 aromatic rings. The molecule has 0 spiro atoms. The van der Waals surface area contributed by atoms with Gasteiger partial charge in [-0.3, -0.25) is 9.69 Å². The first-order valence-electron chi connectivity index (χ1n) is 10.8. The zero-order valence-electron chi connectivity index (χ0n) is 18.1. The van der Waals surface area contributed by atoms with Gasteiger partial charge in [-0.15, -0.1) is 0 Å². The molecule has 1 fully saturated rings. The monoisotopic (exact) mass is 458 g/mol. The highest BCUT2D eigenvalue weighted by Gasteiger charge is 2.35. The minimum absolute atomic E-state index is 0.00724. The average Bonchev–Trinajstić information content (AvgIpc) is 3.47. The van der Waals surface area contributed by atoms with E-state index in [4.69, 9.17) is 16.1 Å². The Balaban J connectivity index is 1.23. The topological polar surface area (TPSA) is 71.3 Å². The van der Waals surface area contributed by atoms with Gasteiger partial charge in [-0.1, -0.05) is 59.2 Å². The van der Waals surface area contributed by atoms with Crippen LogP contribution in [-0.2, 0) is 0 Å². The van der Waals surface area contributed by atoms with Crippen LogP contribution < -0.4 is 5.32 Å². The van der Waals surface area contributed by atoms with Gasteiger partial charge < -0.3 is 9.84 Å². The van der Waals surface area contributed by atoms with Crippen molar-refractivity contribution in [3.63, 3.8) is 0 Å². The van der Waals surface area contributed by atoms with E-state index in [2.05, 4.69) is 32.5 Å². The fraction of sp³-hybridized carbons (Fsp3) is 0.192. The molecule has 0 aliphatic carbocycles. The van der Waals surface area contributed by atoms with Crippen molar-refractivity contribution < 1.29 is 9.32 Å². The third kappa shape index (κ3) is 4.67. The number of likely N-dealkylation sites (tertiary alicyclic amines) is 1. The summed E-state index contributed by atoms with van der Waals surface area (Å²) < 4.78 is 5.55. The average molecular weight is 459 g/mol. The van der Waals surface area contributed by atoms with Gasteiger partial charge in [0.2, 0.25) is 11.7 Å². The normalized spacial score (nSPS) is 18.4. The van der Waals surface area contributed by atoms with Crippen LogP contribution in [-0.4, -0.2) is 40.6 Å². The quantitative estimate of drug-likeness (QED) is 0.443. The molecule has 6 nitrogen and oxygen atoms in total. The maximum absolute atomic E-state index is 12.8. The molecular formula is C26H23ClN4O2. The minimum Gasteiger partial charge on any atom is -0.348 e. The summed E-state index contributed by atoms with van der Waals surface area (Å²) in [5.74, 6) is 0.994. The molecule has 7 heteroatoms. The van der Waals surface area contributed by atoms with Crippen LogP contribution in [0.15, 0.2) is 83.4 Å². The fourth-order valence-electron chi connectivity index (χ4n) is 4.19. The number of amides is 1. The third-order valence-electron chi connectivity index (χ3n) is 5.97. The molecule has 1 amide bonds. The van der Waals surface area contributed by atoms with Crippen molar-refractivity contribution in [1.29, 1.82) is 0 Å². The Morgan fingerprint density at radius 1 is 0.970 bits per heavy atom. The lowest BCUT2D eigenvalue weighted by atomic mass is 10.0. The Morgan fingerprint density at radius 2 is 1.64 bits per heavy atom. The van der Waals surface area contributed by atoms with Gasteiger partial charge in [-0.25, -0.2) is 0 Å². The van der Waals surface area contributed by atoms with Crippen molar-refractivity contribution in [1.82, 2.24) is 20.4 Å². The summed E-state index contributed by atoms with van der Waals surface area (Å²) in [5.41, 5.74) is 3.70. The number of hydrogen-bond donors (Lipinski definition) is 1. The second-order valence-corrected chi connectivity index (χ2v) is 8.70. The molecule has 0 radical (unpaired) electrons. The Bertz CT molecular complexity index is 1240. The number of likely N-dealkylation sites (N-methyl/N-ethyl adjacent to an activating group) is 1. The van der Waals surface area contributed by atoms with Gasteiger partial charge in [0, 0.05) is 28.7 Å². The molecule has 2 heterocycles. The number of nitrogens with zero attached hydrogens (tertiary/aromatic N) is 3. The van der Waals surface area contributed by atoms with Crippen LogP contribution in [0.2, 0.25) is 5.02 Å². The van der Waals surface area contributed by atoms with E-state index in [0.29, 0.717) is 35.3 Å². The molecule has 33 heavy (non-hydrogen) atoms. The van der Waals surface area contributed by atoms with Gasteiger partial charge in [0.15, 0.2) is 0 Å². The number of aromatic nitrogens is 2. The van der Waals surface area contributed by atoms with Crippen molar-refractivity contribution >= 4 is 17.5 Å². The van der Waals surface area contributed by atoms with Crippen LogP contribution in [0.4, 0.5) is 0 Å². The number of carbonyl (C=O) groups excluding carboxylic acids is 1. The van der Waals surface area contributed by atoms with Gasteiger partial charge >= 0.3 is 0 Å². The number of carbonyl (C=O) groups is 1. The summed E-state index contributed by atoms with van der Waals surface area (Å²) in [4.78, 5) is 19.5. The van der Waals surface area contributed by atoms with Crippen LogP contribution in [0.1, 0.15) is 28.7 Å². The van der Waals surface area contributed by atoms with Crippen molar-refractivity contribution in [3.8, 4) is 22.5 Å². The molecule has 2 unspecified atom stereocenters. The Morgan fingerprint density at radius 3 is 2.36 bits per heavy atom. The molecule has 1 N–H and O–H groups in total. The second-order valence-electron chi connectivity index (χ2n) is 8.27. The van der Waals surface area contributed by atoms with Gasteiger partial charge in [-0.2, -0.15) is 4.98 Å². The molecular weight excluding hydrogens is 436 g/mol. The molecule has 1 saturated heterocycles. The molecule has 0 bridgehead atoms. The van der Waals surface area contributed by atoms with Crippen LogP contribution in [0.3, 0.4) is 0 Å². The lowest BCUT2D eigenvalue weighted by Crippen LogP contribution is -2.36. The molecule has 0 saturated carbocycles. The molecule has 2 atom stereocenters.